The van der Waals surface area contributed by atoms with Gasteiger partial charge in [0.05, 0.1) is 26.0 Å². The highest BCUT2D eigenvalue weighted by molar-refractivity contribution is 7.14. The number of nitrogens with one attached hydrogen (secondary N) is 1. The number of pyridine rings is 1. The van der Waals surface area contributed by atoms with Gasteiger partial charge in [0.25, 0.3) is 0 Å². The van der Waals surface area contributed by atoms with E-state index < -0.39 is 0 Å². The molecule has 2 atom stereocenters. The fourth-order valence-corrected chi connectivity index (χ4v) is 4.99. The summed E-state index contributed by atoms with van der Waals surface area (Å²) < 4.78 is 17.0. The molecular formula is C25H26N4O5S. The minimum atomic E-state index is -0.284. The van der Waals surface area contributed by atoms with E-state index in [9.17, 15) is 9.59 Å². The maximum absolute atomic E-state index is 12.7. The van der Waals surface area contributed by atoms with Gasteiger partial charge in [0.15, 0.2) is 22.9 Å². The van der Waals surface area contributed by atoms with Gasteiger partial charge in [-0.15, -0.1) is 11.3 Å². The van der Waals surface area contributed by atoms with E-state index in [2.05, 4.69) is 15.3 Å². The summed E-state index contributed by atoms with van der Waals surface area (Å²) in [4.78, 5) is 35.6. The van der Waals surface area contributed by atoms with Crippen molar-refractivity contribution in [2.24, 2.45) is 0 Å². The number of amides is 2. The molecule has 1 unspecified atom stereocenters. The number of aromatic nitrogens is 2. The second-order valence-corrected chi connectivity index (χ2v) is 9.31. The van der Waals surface area contributed by atoms with E-state index >= 15 is 0 Å². The Bertz CT molecular complexity index is 1200. The predicted octanol–water partition coefficient (Wildman–Crippen LogP) is 3.68. The van der Waals surface area contributed by atoms with Crippen molar-refractivity contribution in [2.45, 2.75) is 31.5 Å². The third-order valence-corrected chi connectivity index (χ3v) is 6.79. The van der Waals surface area contributed by atoms with Crippen LogP contribution in [0.2, 0.25) is 0 Å². The van der Waals surface area contributed by atoms with Crippen molar-refractivity contribution >= 4 is 28.3 Å². The van der Waals surface area contributed by atoms with E-state index in [1.807, 2.05) is 41.8 Å². The number of ether oxygens (including phenoxy) is 3. The normalized spacial score (nSPS) is 19.7. The molecule has 1 aromatic carbocycles. The zero-order valence-electron chi connectivity index (χ0n) is 19.3. The second-order valence-electron chi connectivity index (χ2n) is 8.45. The average molecular weight is 495 g/mol. The first-order valence-corrected chi connectivity index (χ1v) is 12.4. The Labute approximate surface area is 207 Å². The van der Waals surface area contributed by atoms with Gasteiger partial charge < -0.3 is 24.4 Å². The Morgan fingerprint density at radius 2 is 2.17 bits per heavy atom. The Kier molecular flexibility index (Phi) is 6.91. The topological polar surface area (TPSA) is 103 Å². The first-order valence-electron chi connectivity index (χ1n) is 11.5. The lowest BCUT2D eigenvalue weighted by Gasteiger charge is -2.19. The lowest BCUT2D eigenvalue weighted by molar-refractivity contribution is -0.131. The van der Waals surface area contributed by atoms with Crippen molar-refractivity contribution in [1.29, 1.82) is 0 Å². The van der Waals surface area contributed by atoms with Crippen molar-refractivity contribution in [1.82, 2.24) is 14.9 Å². The molecular weight excluding hydrogens is 468 g/mol. The van der Waals surface area contributed by atoms with E-state index in [0.717, 1.165) is 24.1 Å². The van der Waals surface area contributed by atoms with Crippen LogP contribution in [0.3, 0.4) is 0 Å². The summed E-state index contributed by atoms with van der Waals surface area (Å²) in [7, 11) is 1.60. The Hall–Kier alpha value is -3.50. The number of thiazole rings is 1. The maximum Gasteiger partial charge on any atom is 0.245 e. The first kappa shape index (κ1) is 23.3. The molecule has 1 N–H and O–H groups in total. The summed E-state index contributed by atoms with van der Waals surface area (Å²) in [5.41, 5.74) is 2.41. The van der Waals surface area contributed by atoms with Crippen molar-refractivity contribution in [2.75, 3.05) is 32.1 Å². The van der Waals surface area contributed by atoms with Gasteiger partial charge in [0.1, 0.15) is 5.69 Å². The Morgan fingerprint density at radius 3 is 2.94 bits per heavy atom. The molecule has 4 heterocycles. The van der Waals surface area contributed by atoms with Gasteiger partial charge >= 0.3 is 0 Å². The van der Waals surface area contributed by atoms with E-state index in [0.29, 0.717) is 41.9 Å². The van der Waals surface area contributed by atoms with Crippen molar-refractivity contribution in [3.63, 3.8) is 0 Å². The van der Waals surface area contributed by atoms with Crippen LogP contribution in [0.5, 0.6) is 11.5 Å². The lowest BCUT2D eigenvalue weighted by atomic mass is 9.98. The van der Waals surface area contributed by atoms with E-state index in [-0.39, 0.29) is 30.6 Å². The zero-order chi connectivity index (χ0) is 24.2. The van der Waals surface area contributed by atoms with E-state index in [4.69, 9.17) is 14.2 Å². The Balaban J connectivity index is 1.20. The van der Waals surface area contributed by atoms with Crippen molar-refractivity contribution in [3.8, 4) is 22.9 Å². The van der Waals surface area contributed by atoms with Crippen LogP contribution in [0.25, 0.3) is 11.4 Å². The fourth-order valence-electron chi connectivity index (χ4n) is 4.27. The number of nitrogens with zero attached hydrogens (tertiary/aromatic N) is 3. The number of likely N-dealkylation sites (tertiary alicyclic amines) is 1. The van der Waals surface area contributed by atoms with Gasteiger partial charge in [-0.2, -0.15) is 0 Å². The third kappa shape index (κ3) is 5.44. The van der Waals surface area contributed by atoms with Crippen LogP contribution in [0, 0.1) is 0 Å². The molecule has 0 bridgehead atoms. The third-order valence-electron chi connectivity index (χ3n) is 6.03. The van der Waals surface area contributed by atoms with Crippen molar-refractivity contribution < 1.29 is 23.8 Å². The van der Waals surface area contributed by atoms with Crippen LogP contribution in [-0.4, -0.2) is 59.8 Å². The van der Waals surface area contributed by atoms with Crippen LogP contribution in [-0.2, 0) is 14.3 Å². The molecule has 0 aliphatic carbocycles. The molecule has 5 rings (SSSR count). The molecule has 2 amide bonds. The predicted molar refractivity (Wildman–Crippen MR) is 131 cm³/mol. The summed E-state index contributed by atoms with van der Waals surface area (Å²) in [5, 5.41) is 5.11. The van der Waals surface area contributed by atoms with Crippen LogP contribution >= 0.6 is 11.3 Å². The first-order chi connectivity index (χ1) is 17.1. The van der Waals surface area contributed by atoms with Gasteiger partial charge in [-0.3, -0.25) is 14.6 Å². The molecule has 2 aromatic heterocycles. The molecule has 3 aromatic rings. The average Bonchev–Trinajstić information content (AvgIpc) is 3.62. The highest BCUT2D eigenvalue weighted by Gasteiger charge is 2.32. The number of rotatable bonds is 8. The standard InChI is InChI=1S/C25H26N4O5S/c1-32-20-8-7-16(11-21(20)34-24-6-4-10-33-24)17-12-23(31)29(13-17)14-22(30)28-25-27-19(15-35-25)18-5-2-3-9-26-18/h2-3,5,7-9,11,15,17,24H,4,6,10,12-14H2,1H3,(H,27,28,30)/t17-,24?/m1/s1. The molecule has 2 fully saturated rings. The summed E-state index contributed by atoms with van der Waals surface area (Å²) in [6, 6.07) is 11.3. The maximum atomic E-state index is 12.7. The molecule has 182 valence electrons. The Morgan fingerprint density at radius 1 is 1.26 bits per heavy atom. The van der Waals surface area contributed by atoms with Gasteiger partial charge in [-0.05, 0) is 36.2 Å². The van der Waals surface area contributed by atoms with E-state index in [1.54, 1.807) is 18.2 Å². The molecule has 0 radical (unpaired) electrons. The van der Waals surface area contributed by atoms with Crippen LogP contribution in [0.1, 0.15) is 30.7 Å². The van der Waals surface area contributed by atoms with Crippen LogP contribution < -0.4 is 14.8 Å². The van der Waals surface area contributed by atoms with E-state index in [1.165, 1.54) is 11.3 Å². The molecule has 2 saturated heterocycles. The number of hydrogen-bond donors (Lipinski definition) is 1. The van der Waals surface area contributed by atoms with Crippen LogP contribution in [0.15, 0.2) is 48.0 Å². The van der Waals surface area contributed by atoms with Gasteiger partial charge in [-0.25, -0.2) is 4.98 Å². The SMILES string of the molecule is COc1ccc([C@@H]2CC(=O)N(CC(=O)Nc3nc(-c4ccccn4)cs3)C2)cc1OC1CCCO1. The van der Waals surface area contributed by atoms with Gasteiger partial charge in [0, 0.05) is 36.9 Å². The number of benzene rings is 1. The number of methoxy groups -OCH3 is 1. The quantitative estimate of drug-likeness (QED) is 0.510. The second kappa shape index (κ2) is 10.4. The highest BCUT2D eigenvalue weighted by Crippen LogP contribution is 2.36. The largest absolute Gasteiger partial charge is 0.493 e. The minimum absolute atomic E-state index is 0.0245. The van der Waals surface area contributed by atoms with Crippen molar-refractivity contribution in [3.05, 3.63) is 53.5 Å². The summed E-state index contributed by atoms with van der Waals surface area (Å²) in [6.07, 6.45) is 3.55. The summed E-state index contributed by atoms with van der Waals surface area (Å²) >= 11 is 1.32. The molecule has 2 aliphatic rings. The minimum Gasteiger partial charge on any atom is -0.493 e. The van der Waals surface area contributed by atoms with Gasteiger partial charge in [-0.1, -0.05) is 12.1 Å². The van der Waals surface area contributed by atoms with Crippen LogP contribution in [0.4, 0.5) is 5.13 Å². The number of hydrogen-bond acceptors (Lipinski definition) is 8. The molecule has 0 spiro atoms. The molecule has 35 heavy (non-hydrogen) atoms. The molecule has 2 aliphatic heterocycles. The molecule has 9 nitrogen and oxygen atoms in total. The summed E-state index contributed by atoms with van der Waals surface area (Å²) in [5.74, 6) is 0.851. The van der Waals surface area contributed by atoms with Gasteiger partial charge in [0.2, 0.25) is 11.8 Å². The monoisotopic (exact) mass is 494 g/mol. The lowest BCUT2D eigenvalue weighted by Crippen LogP contribution is -2.34. The zero-order valence-corrected chi connectivity index (χ0v) is 20.1. The smallest absolute Gasteiger partial charge is 0.245 e. The number of anilines is 1. The molecule has 0 saturated carbocycles. The fraction of sp³-hybridized carbons (Fsp3) is 0.360. The molecule has 10 heteroatoms. The number of carbonyl (C=O) groups is 2. The summed E-state index contributed by atoms with van der Waals surface area (Å²) in [6.45, 7) is 1.12. The number of carbonyl (C=O) groups excluding carboxylic acids is 2. The highest BCUT2D eigenvalue weighted by atomic mass is 32.1.